The number of carbonyl (C=O) groups excluding carboxylic acids is 1. The van der Waals surface area contributed by atoms with Crippen LogP contribution >= 0.6 is 0 Å². The van der Waals surface area contributed by atoms with E-state index in [1.807, 2.05) is 12.1 Å². The Hall–Kier alpha value is -2.47. The molecule has 1 amide bonds. The summed E-state index contributed by atoms with van der Waals surface area (Å²) in [6.45, 7) is 0.874. The third-order valence-electron chi connectivity index (χ3n) is 4.61. The van der Waals surface area contributed by atoms with E-state index in [0.29, 0.717) is 25.1 Å². The molecule has 1 saturated heterocycles. The van der Waals surface area contributed by atoms with Crippen molar-refractivity contribution in [1.82, 2.24) is 9.88 Å². The van der Waals surface area contributed by atoms with Crippen molar-refractivity contribution in [2.75, 3.05) is 19.7 Å². The number of pyridine rings is 1. The molecule has 0 aliphatic carbocycles. The van der Waals surface area contributed by atoms with Crippen LogP contribution in [0.5, 0.6) is 5.75 Å². The van der Waals surface area contributed by atoms with E-state index in [1.54, 1.807) is 17.3 Å². The highest BCUT2D eigenvalue weighted by Gasteiger charge is 2.38. The van der Waals surface area contributed by atoms with Crippen LogP contribution in [0.3, 0.4) is 0 Å². The summed E-state index contributed by atoms with van der Waals surface area (Å²) in [5.74, 6) is 0.221. The lowest BCUT2D eigenvalue weighted by molar-refractivity contribution is -0.131. The number of amides is 1. The number of aliphatic hydroxyl groups is 1. The summed E-state index contributed by atoms with van der Waals surface area (Å²) >= 11 is 0. The SMILES string of the molecule is O=C(CCCc1ccncc1)N1CC[C@@](O)(COc2ccc(F)cc2)C1. The number of aryl methyl sites for hydroxylation is 1. The lowest BCUT2D eigenvalue weighted by Crippen LogP contribution is -2.40. The van der Waals surface area contributed by atoms with Gasteiger partial charge in [0.05, 0.1) is 6.54 Å². The second-order valence-electron chi connectivity index (χ2n) is 6.74. The Balaban J connectivity index is 1.43. The van der Waals surface area contributed by atoms with Gasteiger partial charge in [0.1, 0.15) is 23.8 Å². The van der Waals surface area contributed by atoms with Gasteiger partial charge in [-0.2, -0.15) is 0 Å². The fourth-order valence-corrected chi connectivity index (χ4v) is 3.09. The molecule has 0 bridgehead atoms. The van der Waals surface area contributed by atoms with Crippen molar-refractivity contribution in [2.24, 2.45) is 0 Å². The first-order valence-corrected chi connectivity index (χ1v) is 8.82. The number of benzene rings is 1. The van der Waals surface area contributed by atoms with Gasteiger partial charge in [0, 0.05) is 25.4 Å². The fraction of sp³-hybridized carbons (Fsp3) is 0.400. The number of ether oxygens (including phenoxy) is 1. The van der Waals surface area contributed by atoms with Gasteiger partial charge in [0.2, 0.25) is 5.91 Å². The van der Waals surface area contributed by atoms with Gasteiger partial charge < -0.3 is 14.7 Å². The molecule has 3 rings (SSSR count). The largest absolute Gasteiger partial charge is 0.491 e. The van der Waals surface area contributed by atoms with Gasteiger partial charge >= 0.3 is 0 Å². The zero-order valence-electron chi connectivity index (χ0n) is 14.6. The highest BCUT2D eigenvalue weighted by atomic mass is 19.1. The molecule has 6 heteroatoms. The second kappa shape index (κ2) is 8.27. The quantitative estimate of drug-likeness (QED) is 0.826. The molecule has 2 heterocycles. The topological polar surface area (TPSA) is 62.7 Å². The van der Waals surface area contributed by atoms with Crippen LogP contribution in [0.15, 0.2) is 48.8 Å². The normalized spacial score (nSPS) is 19.5. The van der Waals surface area contributed by atoms with E-state index >= 15 is 0 Å². The van der Waals surface area contributed by atoms with Crippen molar-refractivity contribution in [3.05, 3.63) is 60.2 Å². The molecule has 1 aromatic heterocycles. The Bertz CT molecular complexity index is 724. The molecule has 1 aliphatic rings. The van der Waals surface area contributed by atoms with Crippen LogP contribution in [-0.4, -0.2) is 46.2 Å². The van der Waals surface area contributed by atoms with Crippen LogP contribution in [0, 0.1) is 5.82 Å². The minimum Gasteiger partial charge on any atom is -0.491 e. The zero-order chi connectivity index (χ0) is 18.4. The number of hydrogen-bond donors (Lipinski definition) is 1. The summed E-state index contributed by atoms with van der Waals surface area (Å²) in [6, 6.07) is 9.57. The summed E-state index contributed by atoms with van der Waals surface area (Å²) in [5.41, 5.74) is 0.105. The molecule has 1 fully saturated rings. The van der Waals surface area contributed by atoms with Crippen molar-refractivity contribution in [2.45, 2.75) is 31.3 Å². The molecule has 1 aromatic carbocycles. The summed E-state index contributed by atoms with van der Waals surface area (Å²) in [4.78, 5) is 18.0. The number of hydrogen-bond acceptors (Lipinski definition) is 4. The summed E-state index contributed by atoms with van der Waals surface area (Å²) in [5, 5.41) is 10.6. The summed E-state index contributed by atoms with van der Waals surface area (Å²) < 4.78 is 18.5. The number of halogens is 1. The van der Waals surface area contributed by atoms with Crippen LogP contribution in [0.1, 0.15) is 24.8 Å². The van der Waals surface area contributed by atoms with Crippen LogP contribution in [0.2, 0.25) is 0 Å². The summed E-state index contributed by atoms with van der Waals surface area (Å²) in [6.07, 6.45) is 6.03. The van der Waals surface area contributed by atoms with Crippen LogP contribution in [-0.2, 0) is 11.2 Å². The van der Waals surface area contributed by atoms with E-state index in [-0.39, 0.29) is 24.9 Å². The molecule has 5 nitrogen and oxygen atoms in total. The van der Waals surface area contributed by atoms with Crippen molar-refractivity contribution >= 4 is 5.91 Å². The minimum absolute atomic E-state index is 0.0526. The Morgan fingerprint density at radius 3 is 2.69 bits per heavy atom. The van der Waals surface area contributed by atoms with E-state index in [0.717, 1.165) is 12.8 Å². The van der Waals surface area contributed by atoms with E-state index in [2.05, 4.69) is 4.98 Å². The number of carbonyl (C=O) groups is 1. The minimum atomic E-state index is -1.06. The highest BCUT2D eigenvalue weighted by Crippen LogP contribution is 2.24. The Labute approximate surface area is 152 Å². The molecule has 1 atom stereocenters. The van der Waals surface area contributed by atoms with Gasteiger partial charge in [-0.25, -0.2) is 4.39 Å². The molecule has 0 radical (unpaired) electrons. The van der Waals surface area contributed by atoms with E-state index < -0.39 is 5.60 Å². The first-order chi connectivity index (χ1) is 12.5. The highest BCUT2D eigenvalue weighted by molar-refractivity contribution is 5.76. The maximum atomic E-state index is 12.9. The van der Waals surface area contributed by atoms with E-state index in [9.17, 15) is 14.3 Å². The van der Waals surface area contributed by atoms with Gasteiger partial charge in [-0.05, 0) is 61.2 Å². The molecule has 2 aromatic rings. The molecule has 0 unspecified atom stereocenters. The van der Waals surface area contributed by atoms with Crippen LogP contribution in [0.25, 0.3) is 0 Å². The summed E-state index contributed by atoms with van der Waals surface area (Å²) in [7, 11) is 0. The standard InChI is InChI=1S/C20H23FN2O3/c21-17-4-6-18(7-5-17)26-15-20(25)10-13-23(14-20)19(24)3-1-2-16-8-11-22-12-9-16/h4-9,11-12,25H,1-3,10,13-15H2/t20-/m0/s1. The number of aromatic nitrogens is 1. The van der Waals surface area contributed by atoms with Crippen LogP contribution in [0.4, 0.5) is 4.39 Å². The molecule has 26 heavy (non-hydrogen) atoms. The molecular weight excluding hydrogens is 335 g/mol. The Morgan fingerprint density at radius 2 is 1.96 bits per heavy atom. The average Bonchev–Trinajstić information content (AvgIpc) is 3.05. The van der Waals surface area contributed by atoms with Gasteiger partial charge in [-0.15, -0.1) is 0 Å². The van der Waals surface area contributed by atoms with Crippen molar-refractivity contribution in [3.8, 4) is 5.75 Å². The van der Waals surface area contributed by atoms with Gasteiger partial charge in [-0.3, -0.25) is 9.78 Å². The number of nitrogens with zero attached hydrogens (tertiary/aromatic N) is 2. The van der Waals surface area contributed by atoms with Crippen LogP contribution < -0.4 is 4.74 Å². The molecule has 1 aliphatic heterocycles. The number of β-amino-alcohol motifs (C(OH)–C–C–N with tert-alkyl or cyclic N) is 1. The third kappa shape index (κ3) is 5.02. The molecule has 138 valence electrons. The smallest absolute Gasteiger partial charge is 0.222 e. The maximum Gasteiger partial charge on any atom is 0.222 e. The number of rotatable bonds is 7. The molecule has 0 spiro atoms. The van der Waals surface area contributed by atoms with E-state index in [4.69, 9.17) is 4.74 Å². The van der Waals surface area contributed by atoms with Gasteiger partial charge in [0.15, 0.2) is 0 Å². The molecule has 1 N–H and O–H groups in total. The first-order valence-electron chi connectivity index (χ1n) is 8.82. The van der Waals surface area contributed by atoms with Crippen molar-refractivity contribution in [1.29, 1.82) is 0 Å². The third-order valence-corrected chi connectivity index (χ3v) is 4.61. The predicted octanol–water partition coefficient (Wildman–Crippen LogP) is 2.59. The average molecular weight is 358 g/mol. The molecular formula is C20H23FN2O3. The lowest BCUT2D eigenvalue weighted by atomic mass is 10.1. The van der Waals surface area contributed by atoms with Crippen molar-refractivity contribution < 1.29 is 19.0 Å². The lowest BCUT2D eigenvalue weighted by Gasteiger charge is -2.23. The van der Waals surface area contributed by atoms with Gasteiger partial charge in [0.25, 0.3) is 0 Å². The Kier molecular flexibility index (Phi) is 5.83. The Morgan fingerprint density at radius 1 is 1.23 bits per heavy atom. The second-order valence-corrected chi connectivity index (χ2v) is 6.74. The van der Waals surface area contributed by atoms with E-state index in [1.165, 1.54) is 29.8 Å². The fourth-order valence-electron chi connectivity index (χ4n) is 3.09. The monoisotopic (exact) mass is 358 g/mol. The van der Waals surface area contributed by atoms with Gasteiger partial charge in [-0.1, -0.05) is 0 Å². The first kappa shape index (κ1) is 18.3. The van der Waals surface area contributed by atoms with Crippen molar-refractivity contribution in [3.63, 3.8) is 0 Å². The predicted molar refractivity (Wildman–Crippen MR) is 95.2 cm³/mol. The number of likely N-dealkylation sites (tertiary alicyclic amines) is 1. The maximum absolute atomic E-state index is 12.9. The molecule has 0 saturated carbocycles. The zero-order valence-corrected chi connectivity index (χ0v) is 14.6.